The molecule has 0 unspecified atom stereocenters. The quantitative estimate of drug-likeness (QED) is 0.868. The van der Waals surface area contributed by atoms with Gasteiger partial charge >= 0.3 is 0 Å². The van der Waals surface area contributed by atoms with Gasteiger partial charge in [0, 0.05) is 11.6 Å². The minimum absolute atomic E-state index is 0.337. The van der Waals surface area contributed by atoms with E-state index in [1.165, 1.54) is 0 Å². The van der Waals surface area contributed by atoms with Crippen molar-refractivity contribution in [3.63, 3.8) is 0 Å². The summed E-state index contributed by atoms with van der Waals surface area (Å²) < 4.78 is 49.6. The lowest BCUT2D eigenvalue weighted by Gasteiger charge is -2.28. The summed E-state index contributed by atoms with van der Waals surface area (Å²) in [6, 6.07) is 0.949. The maximum Gasteiger partial charge on any atom is 0.254 e. The highest BCUT2D eigenvalue weighted by Crippen LogP contribution is 2.20. The molecule has 0 saturated carbocycles. The lowest BCUT2D eigenvalue weighted by Crippen LogP contribution is -2.45. The van der Waals surface area contributed by atoms with Gasteiger partial charge in [-0.2, -0.15) is 0 Å². The molecule has 1 aromatic carbocycles. The molecule has 0 bridgehead atoms. The van der Waals surface area contributed by atoms with Gasteiger partial charge in [0.15, 0.2) is 0 Å². The monoisotopic (exact) mass is 320 g/mol. The Hall–Kier alpha value is -1.54. The third-order valence-corrected chi connectivity index (χ3v) is 4.47. The van der Waals surface area contributed by atoms with Gasteiger partial charge in [-0.1, -0.05) is 13.8 Å². The number of sulfonamides is 1. The number of nitrogens with two attached hydrogens (primary N) is 1. The number of carbonyl (C=O) groups excluding carboxylic acids is 1. The standard InChI is InChI=1S/C13H18F2N2O3S/c1-4-13(3,5-2)17-12(18)8-6-11(21(16,19)20)10(15)7-9(8)14/h6-7H,4-5H2,1-3H3,(H,17,18)(H2,16,19,20). The predicted octanol–water partition coefficient (Wildman–Crippen LogP) is 1.92. The summed E-state index contributed by atoms with van der Waals surface area (Å²) in [5, 5.41) is 7.45. The van der Waals surface area contributed by atoms with Crippen LogP contribution in [-0.2, 0) is 10.0 Å². The van der Waals surface area contributed by atoms with Crippen LogP contribution in [0, 0.1) is 11.6 Å². The Bertz CT molecular complexity index is 656. The van der Waals surface area contributed by atoms with E-state index in [1.807, 2.05) is 13.8 Å². The number of benzene rings is 1. The van der Waals surface area contributed by atoms with Gasteiger partial charge in [-0.3, -0.25) is 4.79 Å². The minimum atomic E-state index is -4.38. The molecule has 0 atom stereocenters. The molecule has 0 aliphatic heterocycles. The number of hydrogen-bond donors (Lipinski definition) is 2. The van der Waals surface area contributed by atoms with E-state index in [0.717, 1.165) is 0 Å². The zero-order valence-corrected chi connectivity index (χ0v) is 12.9. The van der Waals surface area contributed by atoms with Gasteiger partial charge in [0.05, 0.1) is 5.56 Å². The van der Waals surface area contributed by atoms with Crippen molar-refractivity contribution in [3.8, 4) is 0 Å². The Balaban J connectivity index is 3.28. The summed E-state index contributed by atoms with van der Waals surface area (Å²) in [6.07, 6.45) is 1.19. The largest absolute Gasteiger partial charge is 0.347 e. The van der Waals surface area contributed by atoms with E-state index < -0.39 is 43.6 Å². The maximum atomic E-state index is 13.7. The second-order valence-electron chi connectivity index (χ2n) is 5.03. The van der Waals surface area contributed by atoms with Crippen molar-refractivity contribution in [1.82, 2.24) is 5.32 Å². The first-order valence-corrected chi connectivity index (χ1v) is 7.93. The molecule has 8 heteroatoms. The van der Waals surface area contributed by atoms with E-state index in [0.29, 0.717) is 25.0 Å². The topological polar surface area (TPSA) is 89.3 Å². The van der Waals surface area contributed by atoms with Crippen molar-refractivity contribution >= 4 is 15.9 Å². The Labute approximate surface area is 122 Å². The Kier molecular flexibility index (Phi) is 5.06. The summed E-state index contributed by atoms with van der Waals surface area (Å²) >= 11 is 0. The van der Waals surface area contributed by atoms with Gasteiger partial charge < -0.3 is 5.32 Å². The predicted molar refractivity (Wildman–Crippen MR) is 74.2 cm³/mol. The van der Waals surface area contributed by atoms with Gasteiger partial charge in [-0.05, 0) is 25.8 Å². The Morgan fingerprint density at radius 2 is 1.76 bits per heavy atom. The molecule has 3 N–H and O–H groups in total. The van der Waals surface area contributed by atoms with E-state index in [2.05, 4.69) is 5.32 Å². The third kappa shape index (κ3) is 3.98. The molecule has 0 aliphatic carbocycles. The van der Waals surface area contributed by atoms with E-state index in [9.17, 15) is 22.0 Å². The average molecular weight is 320 g/mol. The summed E-state index contributed by atoms with van der Waals surface area (Å²) in [4.78, 5) is 11.2. The molecule has 118 valence electrons. The average Bonchev–Trinajstić information content (AvgIpc) is 2.36. The van der Waals surface area contributed by atoms with Crippen LogP contribution in [0.25, 0.3) is 0 Å². The maximum absolute atomic E-state index is 13.7. The van der Waals surface area contributed by atoms with Crippen LogP contribution >= 0.6 is 0 Å². The van der Waals surface area contributed by atoms with E-state index in [-0.39, 0.29) is 0 Å². The fourth-order valence-corrected chi connectivity index (χ4v) is 2.30. The highest BCUT2D eigenvalue weighted by atomic mass is 32.2. The van der Waals surface area contributed by atoms with Crippen LogP contribution in [0.2, 0.25) is 0 Å². The molecular weight excluding hydrogens is 302 g/mol. The van der Waals surface area contributed by atoms with E-state index in [4.69, 9.17) is 5.14 Å². The van der Waals surface area contributed by atoms with Crippen molar-refractivity contribution in [2.24, 2.45) is 5.14 Å². The highest BCUT2D eigenvalue weighted by molar-refractivity contribution is 7.89. The summed E-state index contributed by atoms with van der Waals surface area (Å²) in [6.45, 7) is 5.47. The van der Waals surface area contributed by atoms with Crippen molar-refractivity contribution in [1.29, 1.82) is 0 Å². The van der Waals surface area contributed by atoms with Crippen molar-refractivity contribution in [2.45, 2.75) is 44.0 Å². The molecular formula is C13H18F2N2O3S. The highest BCUT2D eigenvalue weighted by Gasteiger charge is 2.26. The van der Waals surface area contributed by atoms with Crippen LogP contribution in [0.3, 0.4) is 0 Å². The number of halogens is 2. The van der Waals surface area contributed by atoms with Crippen LogP contribution in [0.1, 0.15) is 44.0 Å². The first-order chi connectivity index (χ1) is 9.54. The van der Waals surface area contributed by atoms with Gasteiger partial charge in [-0.15, -0.1) is 0 Å². The van der Waals surface area contributed by atoms with Crippen LogP contribution < -0.4 is 10.5 Å². The van der Waals surface area contributed by atoms with Crippen LogP contribution in [0.5, 0.6) is 0 Å². The molecule has 1 rings (SSSR count). The Morgan fingerprint density at radius 3 is 2.19 bits per heavy atom. The number of amides is 1. The van der Waals surface area contributed by atoms with Gasteiger partial charge in [0.2, 0.25) is 10.0 Å². The minimum Gasteiger partial charge on any atom is -0.347 e. The summed E-state index contributed by atoms with van der Waals surface area (Å²) in [5.74, 6) is -3.30. The first-order valence-electron chi connectivity index (χ1n) is 6.38. The second-order valence-corrected chi connectivity index (χ2v) is 6.56. The number of primary sulfonamides is 1. The fourth-order valence-electron chi connectivity index (χ4n) is 1.69. The molecule has 21 heavy (non-hydrogen) atoms. The fraction of sp³-hybridized carbons (Fsp3) is 0.462. The lowest BCUT2D eigenvalue weighted by molar-refractivity contribution is 0.0896. The lowest BCUT2D eigenvalue weighted by atomic mass is 9.95. The molecule has 0 aliphatic rings. The summed E-state index contributed by atoms with van der Waals surface area (Å²) in [7, 11) is -4.38. The zero-order chi connectivity index (χ0) is 16.4. The van der Waals surface area contributed by atoms with Gasteiger partial charge in [0.25, 0.3) is 5.91 Å². The molecule has 1 aromatic rings. The number of nitrogens with one attached hydrogen (secondary N) is 1. The third-order valence-electron chi connectivity index (χ3n) is 3.55. The van der Waals surface area contributed by atoms with Crippen LogP contribution in [0.15, 0.2) is 17.0 Å². The van der Waals surface area contributed by atoms with Crippen LogP contribution in [-0.4, -0.2) is 19.9 Å². The zero-order valence-electron chi connectivity index (χ0n) is 12.0. The molecule has 1 amide bonds. The SMILES string of the molecule is CCC(C)(CC)NC(=O)c1cc(S(N)(=O)=O)c(F)cc1F. The molecule has 0 aromatic heterocycles. The molecule has 0 fully saturated rings. The second kappa shape index (κ2) is 6.07. The van der Waals surface area contributed by atoms with Crippen molar-refractivity contribution in [2.75, 3.05) is 0 Å². The first kappa shape index (κ1) is 17.5. The van der Waals surface area contributed by atoms with Gasteiger partial charge in [-0.25, -0.2) is 22.3 Å². The number of carbonyl (C=O) groups is 1. The smallest absolute Gasteiger partial charge is 0.254 e. The summed E-state index contributed by atoms with van der Waals surface area (Å²) in [5.41, 5.74) is -1.13. The van der Waals surface area contributed by atoms with Gasteiger partial charge in [0.1, 0.15) is 16.5 Å². The van der Waals surface area contributed by atoms with Crippen molar-refractivity contribution in [3.05, 3.63) is 29.3 Å². The van der Waals surface area contributed by atoms with E-state index >= 15 is 0 Å². The number of rotatable bonds is 5. The number of hydrogen-bond acceptors (Lipinski definition) is 3. The van der Waals surface area contributed by atoms with Crippen molar-refractivity contribution < 1.29 is 22.0 Å². The van der Waals surface area contributed by atoms with E-state index in [1.54, 1.807) is 6.92 Å². The molecule has 0 radical (unpaired) electrons. The molecule has 0 heterocycles. The van der Waals surface area contributed by atoms with Crippen LogP contribution in [0.4, 0.5) is 8.78 Å². The normalized spacial score (nSPS) is 12.3. The molecule has 5 nitrogen and oxygen atoms in total. The molecule has 0 saturated heterocycles. The molecule has 0 spiro atoms. The Morgan fingerprint density at radius 1 is 1.24 bits per heavy atom.